The van der Waals surface area contributed by atoms with Gasteiger partial charge < -0.3 is 14.7 Å². The summed E-state index contributed by atoms with van der Waals surface area (Å²) < 4.78 is 6.47. The smallest absolute Gasteiger partial charge is 0.257 e. The molecular formula is C22H35N3O3. The second-order valence-corrected chi connectivity index (χ2v) is 9.50. The van der Waals surface area contributed by atoms with E-state index in [0.29, 0.717) is 31.3 Å². The summed E-state index contributed by atoms with van der Waals surface area (Å²) in [5, 5.41) is 17.7. The molecule has 28 heavy (non-hydrogen) atoms. The van der Waals surface area contributed by atoms with Crippen molar-refractivity contribution in [3.63, 3.8) is 0 Å². The summed E-state index contributed by atoms with van der Waals surface area (Å²) in [6.45, 7) is 5.68. The van der Waals surface area contributed by atoms with E-state index >= 15 is 0 Å². The number of rotatable bonds is 3. The predicted octanol–water partition coefficient (Wildman–Crippen LogP) is 3.63. The van der Waals surface area contributed by atoms with Crippen LogP contribution in [0.25, 0.3) is 0 Å². The van der Waals surface area contributed by atoms with E-state index in [0.717, 1.165) is 43.4 Å². The molecule has 1 amide bonds. The van der Waals surface area contributed by atoms with Crippen LogP contribution in [0.4, 0.5) is 0 Å². The molecule has 156 valence electrons. The van der Waals surface area contributed by atoms with Gasteiger partial charge in [0.2, 0.25) is 0 Å². The largest absolute Gasteiger partial charge is 0.393 e. The van der Waals surface area contributed by atoms with Gasteiger partial charge in [0, 0.05) is 25.4 Å². The SMILES string of the molecule is CC(C)[C@H]1C[C@@H](O)CC2(CCN(C(=O)c3cn[nH]c3C3CCCCC3)CC2)O1. The van der Waals surface area contributed by atoms with Gasteiger partial charge in [-0.3, -0.25) is 9.89 Å². The number of nitrogens with one attached hydrogen (secondary N) is 1. The summed E-state index contributed by atoms with van der Waals surface area (Å²) in [6, 6.07) is 0. The molecule has 3 aliphatic rings. The fraction of sp³-hybridized carbons (Fsp3) is 0.818. The number of piperidine rings is 1. The number of likely N-dealkylation sites (tertiary alicyclic amines) is 1. The summed E-state index contributed by atoms with van der Waals surface area (Å²) in [5.41, 5.74) is 1.52. The molecule has 0 radical (unpaired) electrons. The Morgan fingerprint density at radius 1 is 1.29 bits per heavy atom. The van der Waals surface area contributed by atoms with Crippen molar-refractivity contribution in [2.45, 2.75) is 95.4 Å². The molecule has 1 spiro atoms. The van der Waals surface area contributed by atoms with Gasteiger partial charge in [-0.2, -0.15) is 5.10 Å². The van der Waals surface area contributed by atoms with Gasteiger partial charge in [0.25, 0.3) is 5.91 Å². The Balaban J connectivity index is 1.41. The van der Waals surface area contributed by atoms with Crippen LogP contribution in [0.1, 0.15) is 93.6 Å². The number of H-pyrrole nitrogens is 1. The molecule has 2 saturated heterocycles. The zero-order valence-corrected chi connectivity index (χ0v) is 17.3. The molecule has 1 aromatic rings. The van der Waals surface area contributed by atoms with Crippen LogP contribution < -0.4 is 0 Å². The van der Waals surface area contributed by atoms with Gasteiger partial charge in [0.1, 0.15) is 0 Å². The van der Waals surface area contributed by atoms with Crippen molar-refractivity contribution in [2.24, 2.45) is 5.92 Å². The number of carbonyl (C=O) groups is 1. The minimum absolute atomic E-state index is 0.0981. The number of hydrogen-bond donors (Lipinski definition) is 2. The van der Waals surface area contributed by atoms with Crippen LogP contribution in [0.15, 0.2) is 6.20 Å². The average molecular weight is 390 g/mol. The van der Waals surface area contributed by atoms with Crippen LogP contribution in [-0.2, 0) is 4.74 Å². The van der Waals surface area contributed by atoms with Crippen LogP contribution in [0.2, 0.25) is 0 Å². The first kappa shape index (κ1) is 19.9. The van der Waals surface area contributed by atoms with Crippen LogP contribution in [0, 0.1) is 5.92 Å². The lowest BCUT2D eigenvalue weighted by Crippen LogP contribution is -2.54. The number of aromatic amines is 1. The molecule has 0 aromatic carbocycles. The number of amides is 1. The third-order valence-electron chi connectivity index (χ3n) is 7.13. The maximum atomic E-state index is 13.2. The molecule has 3 fully saturated rings. The molecule has 3 heterocycles. The van der Waals surface area contributed by atoms with Gasteiger partial charge in [0.15, 0.2) is 0 Å². The van der Waals surface area contributed by atoms with Crippen molar-refractivity contribution < 1.29 is 14.6 Å². The molecular weight excluding hydrogens is 354 g/mol. The number of ether oxygens (including phenoxy) is 1. The standard InChI is InChI=1S/C22H35N3O3/c1-15(2)19-12-17(26)13-22(28-19)8-10-25(11-9-22)21(27)18-14-23-24-20(18)16-6-4-3-5-7-16/h14-17,19,26H,3-13H2,1-2H3,(H,23,24)/t17-,19-/m1/s1. The van der Waals surface area contributed by atoms with Gasteiger partial charge in [-0.05, 0) is 38.0 Å². The molecule has 1 aromatic heterocycles. The first-order valence-electron chi connectivity index (χ1n) is 11.2. The Bertz CT molecular complexity index is 672. The van der Waals surface area contributed by atoms with E-state index in [-0.39, 0.29) is 23.7 Å². The first-order chi connectivity index (χ1) is 13.5. The van der Waals surface area contributed by atoms with E-state index in [1.54, 1.807) is 6.20 Å². The first-order valence-corrected chi connectivity index (χ1v) is 11.2. The molecule has 1 aliphatic carbocycles. The van der Waals surface area contributed by atoms with E-state index in [1.165, 1.54) is 19.3 Å². The van der Waals surface area contributed by atoms with Crippen molar-refractivity contribution in [3.05, 3.63) is 17.5 Å². The predicted molar refractivity (Wildman–Crippen MR) is 107 cm³/mol. The van der Waals surface area contributed by atoms with Gasteiger partial charge in [0.05, 0.1) is 35.3 Å². The van der Waals surface area contributed by atoms with Crippen molar-refractivity contribution in [2.75, 3.05) is 13.1 Å². The Labute approximate surface area is 168 Å². The Kier molecular flexibility index (Phi) is 5.79. The van der Waals surface area contributed by atoms with E-state index in [1.807, 2.05) is 4.90 Å². The molecule has 0 unspecified atom stereocenters. The van der Waals surface area contributed by atoms with Crippen molar-refractivity contribution in [1.29, 1.82) is 0 Å². The number of aliphatic hydroxyl groups is 1. The maximum Gasteiger partial charge on any atom is 0.257 e. The molecule has 2 aliphatic heterocycles. The lowest BCUT2D eigenvalue weighted by Gasteiger charge is -2.48. The minimum atomic E-state index is -0.296. The summed E-state index contributed by atoms with van der Waals surface area (Å²) in [6.07, 6.45) is 10.6. The molecule has 6 heteroatoms. The minimum Gasteiger partial charge on any atom is -0.393 e. The monoisotopic (exact) mass is 389 g/mol. The van der Waals surface area contributed by atoms with Crippen LogP contribution >= 0.6 is 0 Å². The zero-order valence-electron chi connectivity index (χ0n) is 17.3. The van der Waals surface area contributed by atoms with E-state index in [2.05, 4.69) is 24.0 Å². The zero-order chi connectivity index (χ0) is 19.7. The molecule has 1 saturated carbocycles. The second kappa shape index (κ2) is 8.15. The Morgan fingerprint density at radius 2 is 2.00 bits per heavy atom. The summed E-state index contributed by atoms with van der Waals surface area (Å²) in [4.78, 5) is 15.2. The Hall–Kier alpha value is -1.40. The highest BCUT2D eigenvalue weighted by atomic mass is 16.5. The highest BCUT2D eigenvalue weighted by Crippen LogP contribution is 2.40. The van der Waals surface area contributed by atoms with Gasteiger partial charge >= 0.3 is 0 Å². The third-order valence-corrected chi connectivity index (χ3v) is 7.13. The highest BCUT2D eigenvalue weighted by molar-refractivity contribution is 5.95. The lowest BCUT2D eigenvalue weighted by molar-refractivity contribution is -0.190. The van der Waals surface area contributed by atoms with Gasteiger partial charge in [-0.1, -0.05) is 33.1 Å². The van der Waals surface area contributed by atoms with Gasteiger partial charge in [-0.25, -0.2) is 0 Å². The summed E-state index contributed by atoms with van der Waals surface area (Å²) >= 11 is 0. The van der Waals surface area contributed by atoms with Crippen molar-refractivity contribution in [1.82, 2.24) is 15.1 Å². The quantitative estimate of drug-likeness (QED) is 0.827. The van der Waals surface area contributed by atoms with Crippen molar-refractivity contribution >= 4 is 5.91 Å². The average Bonchev–Trinajstić information content (AvgIpc) is 3.18. The Morgan fingerprint density at radius 3 is 2.68 bits per heavy atom. The van der Waals surface area contributed by atoms with Gasteiger partial charge in [-0.15, -0.1) is 0 Å². The molecule has 0 bridgehead atoms. The fourth-order valence-electron chi connectivity index (χ4n) is 5.39. The van der Waals surface area contributed by atoms with Crippen LogP contribution in [0.3, 0.4) is 0 Å². The van der Waals surface area contributed by atoms with Crippen LogP contribution in [-0.4, -0.2) is 57.0 Å². The lowest BCUT2D eigenvalue weighted by atomic mass is 9.80. The fourth-order valence-corrected chi connectivity index (χ4v) is 5.39. The van der Waals surface area contributed by atoms with Crippen molar-refractivity contribution in [3.8, 4) is 0 Å². The molecule has 2 atom stereocenters. The normalized spacial score (nSPS) is 28.8. The van der Waals surface area contributed by atoms with Crippen LogP contribution in [0.5, 0.6) is 0 Å². The number of aliphatic hydroxyl groups excluding tert-OH is 1. The number of nitrogens with zero attached hydrogens (tertiary/aromatic N) is 2. The van der Waals surface area contributed by atoms with E-state index in [4.69, 9.17) is 4.74 Å². The molecule has 6 nitrogen and oxygen atoms in total. The topological polar surface area (TPSA) is 78.5 Å². The van der Waals surface area contributed by atoms with E-state index in [9.17, 15) is 9.90 Å². The maximum absolute atomic E-state index is 13.2. The molecule has 4 rings (SSSR count). The number of hydrogen-bond acceptors (Lipinski definition) is 4. The summed E-state index contributed by atoms with van der Waals surface area (Å²) in [7, 11) is 0. The second-order valence-electron chi connectivity index (χ2n) is 9.50. The third kappa shape index (κ3) is 3.99. The number of carbonyl (C=O) groups excluding carboxylic acids is 1. The molecule has 2 N–H and O–H groups in total. The highest BCUT2D eigenvalue weighted by Gasteiger charge is 2.44. The van der Waals surface area contributed by atoms with E-state index < -0.39 is 0 Å². The number of aromatic nitrogens is 2. The summed E-state index contributed by atoms with van der Waals surface area (Å²) in [5.74, 6) is 0.936.